The predicted molar refractivity (Wildman–Crippen MR) is 98.2 cm³/mol. The van der Waals surface area contributed by atoms with Crippen molar-refractivity contribution in [3.63, 3.8) is 0 Å². The van der Waals surface area contributed by atoms with Crippen molar-refractivity contribution < 1.29 is 9.90 Å². The van der Waals surface area contributed by atoms with Gasteiger partial charge < -0.3 is 15.7 Å². The van der Waals surface area contributed by atoms with Crippen LogP contribution < -0.4 is 10.6 Å². The second-order valence-corrected chi connectivity index (χ2v) is 6.03. The number of carboxylic acids is 1. The maximum atomic E-state index is 10.7. The van der Waals surface area contributed by atoms with E-state index in [1.54, 1.807) is 12.1 Å². The Morgan fingerprint density at radius 2 is 1.48 bits per heavy atom. The van der Waals surface area contributed by atoms with Crippen LogP contribution in [-0.4, -0.2) is 16.2 Å². The van der Waals surface area contributed by atoms with E-state index in [9.17, 15) is 4.79 Å². The highest BCUT2D eigenvalue weighted by Gasteiger charge is 2.03. The summed E-state index contributed by atoms with van der Waals surface area (Å²) < 4.78 is 0. The molecule has 4 nitrogen and oxygen atoms in total. The van der Waals surface area contributed by atoms with Gasteiger partial charge in [0.05, 0.1) is 6.42 Å². The highest BCUT2D eigenvalue weighted by molar-refractivity contribution is 7.80. The summed E-state index contributed by atoms with van der Waals surface area (Å²) in [7, 11) is 0. The Hall–Kier alpha value is -2.40. The topological polar surface area (TPSA) is 61.4 Å². The number of rotatable bonds is 5. The standard InChI is InChI=1S/C18H20N2O2S/c1-12(2)14-5-9-16(10-6-14)20-18(23)19-15-7-3-13(4-8-15)11-17(21)22/h3-10,12H,11H2,1-2H3,(H,21,22)(H2,19,20,23). The van der Waals surface area contributed by atoms with Gasteiger partial charge in [-0.25, -0.2) is 0 Å². The van der Waals surface area contributed by atoms with E-state index in [1.807, 2.05) is 24.3 Å². The van der Waals surface area contributed by atoms with Crippen LogP contribution in [0.15, 0.2) is 48.5 Å². The maximum absolute atomic E-state index is 10.7. The van der Waals surface area contributed by atoms with Gasteiger partial charge in [0, 0.05) is 11.4 Å². The van der Waals surface area contributed by atoms with Crippen LogP contribution in [0.25, 0.3) is 0 Å². The van der Waals surface area contributed by atoms with Gasteiger partial charge in [0.25, 0.3) is 0 Å². The van der Waals surface area contributed by atoms with E-state index in [0.717, 1.165) is 16.9 Å². The van der Waals surface area contributed by atoms with Gasteiger partial charge in [-0.05, 0) is 53.5 Å². The molecule has 0 unspecified atom stereocenters. The van der Waals surface area contributed by atoms with Crippen molar-refractivity contribution in [2.75, 3.05) is 10.6 Å². The van der Waals surface area contributed by atoms with E-state index >= 15 is 0 Å². The van der Waals surface area contributed by atoms with E-state index in [2.05, 4.69) is 36.6 Å². The number of hydrogen-bond acceptors (Lipinski definition) is 2. The van der Waals surface area contributed by atoms with Gasteiger partial charge in [-0.3, -0.25) is 4.79 Å². The van der Waals surface area contributed by atoms with Crippen molar-refractivity contribution in [2.24, 2.45) is 0 Å². The van der Waals surface area contributed by atoms with Gasteiger partial charge in [0.15, 0.2) is 5.11 Å². The van der Waals surface area contributed by atoms with Crippen LogP contribution in [0.3, 0.4) is 0 Å². The fourth-order valence-corrected chi connectivity index (χ4v) is 2.36. The van der Waals surface area contributed by atoms with E-state index < -0.39 is 5.97 Å². The van der Waals surface area contributed by atoms with Gasteiger partial charge in [0.1, 0.15) is 0 Å². The van der Waals surface area contributed by atoms with Gasteiger partial charge in [-0.15, -0.1) is 0 Å². The molecule has 0 bridgehead atoms. The molecule has 0 spiro atoms. The van der Waals surface area contributed by atoms with Crippen LogP contribution in [0, 0.1) is 0 Å². The zero-order chi connectivity index (χ0) is 16.8. The predicted octanol–water partition coefficient (Wildman–Crippen LogP) is 4.25. The molecule has 0 amide bonds. The number of aliphatic carboxylic acids is 1. The third-order valence-corrected chi connectivity index (χ3v) is 3.61. The summed E-state index contributed by atoms with van der Waals surface area (Å²) in [5, 5.41) is 15.5. The Morgan fingerprint density at radius 3 is 1.91 bits per heavy atom. The Labute approximate surface area is 141 Å². The molecule has 0 fully saturated rings. The van der Waals surface area contributed by atoms with Crippen molar-refractivity contribution in [1.29, 1.82) is 0 Å². The monoisotopic (exact) mass is 328 g/mol. The van der Waals surface area contributed by atoms with Gasteiger partial charge in [0.2, 0.25) is 0 Å². The second-order valence-electron chi connectivity index (χ2n) is 5.62. The third-order valence-electron chi connectivity index (χ3n) is 3.40. The lowest BCUT2D eigenvalue weighted by atomic mass is 10.0. The average molecular weight is 328 g/mol. The lowest BCUT2D eigenvalue weighted by Crippen LogP contribution is -2.19. The van der Waals surface area contributed by atoms with Gasteiger partial charge in [-0.2, -0.15) is 0 Å². The molecule has 120 valence electrons. The summed E-state index contributed by atoms with van der Waals surface area (Å²) in [5.74, 6) is -0.341. The summed E-state index contributed by atoms with van der Waals surface area (Å²) in [6, 6.07) is 15.3. The van der Waals surface area contributed by atoms with Crippen molar-refractivity contribution in [1.82, 2.24) is 0 Å². The molecule has 0 saturated heterocycles. The molecule has 0 heterocycles. The fraction of sp³-hybridized carbons (Fsp3) is 0.222. The van der Waals surface area contributed by atoms with Crippen molar-refractivity contribution in [3.05, 3.63) is 59.7 Å². The summed E-state index contributed by atoms with van der Waals surface area (Å²) >= 11 is 5.29. The normalized spacial score (nSPS) is 10.4. The molecular weight excluding hydrogens is 308 g/mol. The molecular formula is C18H20N2O2S. The van der Waals surface area contributed by atoms with Crippen LogP contribution in [0.4, 0.5) is 11.4 Å². The minimum Gasteiger partial charge on any atom is -0.481 e. The first kappa shape index (κ1) is 17.0. The second kappa shape index (κ2) is 7.74. The first-order valence-electron chi connectivity index (χ1n) is 7.43. The summed E-state index contributed by atoms with van der Waals surface area (Å²) in [6.07, 6.45) is 0.0190. The third kappa shape index (κ3) is 5.38. The number of hydrogen-bond donors (Lipinski definition) is 3. The van der Waals surface area contributed by atoms with E-state index in [0.29, 0.717) is 11.0 Å². The first-order valence-corrected chi connectivity index (χ1v) is 7.83. The maximum Gasteiger partial charge on any atom is 0.307 e. The van der Waals surface area contributed by atoms with Crippen LogP contribution in [0.5, 0.6) is 0 Å². The zero-order valence-corrected chi connectivity index (χ0v) is 14.0. The molecule has 2 rings (SSSR count). The molecule has 3 N–H and O–H groups in total. The summed E-state index contributed by atoms with van der Waals surface area (Å²) in [4.78, 5) is 10.7. The molecule has 2 aromatic rings. The molecule has 0 atom stereocenters. The lowest BCUT2D eigenvalue weighted by Gasteiger charge is -2.12. The summed E-state index contributed by atoms with van der Waals surface area (Å²) in [5.41, 5.74) is 3.78. The molecule has 0 aliphatic carbocycles. The first-order chi connectivity index (χ1) is 10.9. The quantitative estimate of drug-likeness (QED) is 0.716. The number of thiocarbonyl (C=S) groups is 1. The van der Waals surface area contributed by atoms with E-state index in [1.165, 1.54) is 5.56 Å². The van der Waals surface area contributed by atoms with Gasteiger partial charge >= 0.3 is 5.97 Å². The number of nitrogens with one attached hydrogen (secondary N) is 2. The SMILES string of the molecule is CC(C)c1ccc(NC(=S)Nc2ccc(CC(=O)O)cc2)cc1. The largest absolute Gasteiger partial charge is 0.481 e. The van der Waals surface area contributed by atoms with Crippen LogP contribution in [-0.2, 0) is 11.2 Å². The molecule has 23 heavy (non-hydrogen) atoms. The lowest BCUT2D eigenvalue weighted by molar-refractivity contribution is -0.136. The van der Waals surface area contributed by atoms with E-state index in [4.69, 9.17) is 17.3 Å². The Bertz CT molecular complexity index is 679. The number of carboxylic acid groups (broad SMARTS) is 1. The Morgan fingerprint density at radius 1 is 1.00 bits per heavy atom. The zero-order valence-electron chi connectivity index (χ0n) is 13.2. The van der Waals surface area contributed by atoms with Crippen LogP contribution >= 0.6 is 12.2 Å². The van der Waals surface area contributed by atoms with Crippen molar-refractivity contribution in [3.8, 4) is 0 Å². The Kier molecular flexibility index (Phi) is 5.71. The smallest absolute Gasteiger partial charge is 0.307 e. The number of carbonyl (C=O) groups is 1. The fourth-order valence-electron chi connectivity index (χ4n) is 2.13. The van der Waals surface area contributed by atoms with E-state index in [-0.39, 0.29) is 6.42 Å². The molecule has 2 aromatic carbocycles. The van der Waals surface area contributed by atoms with Crippen LogP contribution in [0.2, 0.25) is 0 Å². The molecule has 0 aromatic heterocycles. The molecule has 5 heteroatoms. The molecule has 0 aliphatic rings. The minimum absolute atomic E-state index is 0.0190. The van der Waals surface area contributed by atoms with Crippen LogP contribution in [0.1, 0.15) is 30.9 Å². The minimum atomic E-state index is -0.840. The van der Waals surface area contributed by atoms with Crippen molar-refractivity contribution in [2.45, 2.75) is 26.2 Å². The highest BCUT2D eigenvalue weighted by Crippen LogP contribution is 2.17. The molecule has 0 aliphatic heterocycles. The number of anilines is 2. The van der Waals surface area contributed by atoms with Crippen molar-refractivity contribution >= 4 is 34.7 Å². The molecule has 0 saturated carbocycles. The highest BCUT2D eigenvalue weighted by atomic mass is 32.1. The van der Waals surface area contributed by atoms with Gasteiger partial charge in [-0.1, -0.05) is 38.1 Å². The summed E-state index contributed by atoms with van der Waals surface area (Å²) in [6.45, 7) is 4.31. The number of benzene rings is 2. The average Bonchev–Trinajstić information content (AvgIpc) is 2.49. The molecule has 0 radical (unpaired) electrons. The Balaban J connectivity index is 1.92.